The molecule has 1 aromatic carbocycles. The summed E-state index contributed by atoms with van der Waals surface area (Å²) in [7, 11) is 0. The van der Waals surface area contributed by atoms with Gasteiger partial charge in [0, 0.05) is 25.4 Å². The monoisotopic (exact) mass is 753 g/mol. The number of unbranched alkanes of at least 4 members (excludes halogenated alkanes) is 17. The number of esters is 2. The summed E-state index contributed by atoms with van der Waals surface area (Å²) in [6, 6.07) is 10.2. The van der Waals surface area contributed by atoms with E-state index in [9.17, 15) is 9.59 Å². The third-order valence-electron chi connectivity index (χ3n) is 10.4. The van der Waals surface area contributed by atoms with Crippen molar-refractivity contribution in [3.63, 3.8) is 0 Å². The van der Waals surface area contributed by atoms with Crippen LogP contribution in [0.25, 0.3) is 0 Å². The highest BCUT2D eigenvalue weighted by Crippen LogP contribution is 2.23. The molecule has 0 N–H and O–H groups in total. The Morgan fingerprint density at radius 2 is 1.04 bits per heavy atom. The van der Waals surface area contributed by atoms with Gasteiger partial charge in [-0.05, 0) is 75.7 Å². The van der Waals surface area contributed by atoms with E-state index in [1.54, 1.807) is 0 Å². The predicted octanol–water partition coefficient (Wildman–Crippen LogP) is 14.6. The molecular weight excluding hydrogens is 669 g/mol. The molecule has 0 saturated heterocycles. The van der Waals surface area contributed by atoms with Gasteiger partial charge in [-0.15, -0.1) is 0 Å². The molecule has 54 heavy (non-hydrogen) atoms. The van der Waals surface area contributed by atoms with Gasteiger partial charge in [0.15, 0.2) is 0 Å². The summed E-state index contributed by atoms with van der Waals surface area (Å²) in [5.74, 6) is 0.198. The highest BCUT2D eigenvalue weighted by molar-refractivity contribution is 5.70. The molecule has 2 atom stereocenters. The second kappa shape index (κ2) is 38.9. The van der Waals surface area contributed by atoms with Crippen molar-refractivity contribution in [1.82, 2.24) is 0 Å². The third kappa shape index (κ3) is 33.0. The highest BCUT2D eigenvalue weighted by Gasteiger charge is 2.19. The maximum Gasteiger partial charge on any atom is 0.306 e. The van der Waals surface area contributed by atoms with Crippen LogP contribution in [0.4, 0.5) is 0 Å². The van der Waals surface area contributed by atoms with E-state index in [4.69, 9.17) is 14.2 Å². The molecule has 0 amide bonds. The Bertz CT molecular complexity index is 1020. The lowest BCUT2D eigenvalue weighted by Gasteiger charge is -2.20. The lowest BCUT2D eigenvalue weighted by Crippen LogP contribution is -2.22. The van der Waals surface area contributed by atoms with E-state index in [0.29, 0.717) is 45.2 Å². The van der Waals surface area contributed by atoms with Crippen LogP contribution in [0, 0.1) is 11.8 Å². The van der Waals surface area contributed by atoms with Gasteiger partial charge in [0.05, 0.1) is 19.8 Å². The van der Waals surface area contributed by atoms with E-state index in [1.807, 2.05) is 18.2 Å². The normalized spacial score (nSPS) is 12.8. The maximum atomic E-state index is 13.1. The fraction of sp³-hybridized carbons (Fsp3) is 0.755. The molecule has 0 heterocycles. The zero-order valence-electron chi connectivity index (χ0n) is 35.5. The first-order valence-corrected chi connectivity index (χ1v) is 22.8. The smallest absolute Gasteiger partial charge is 0.306 e. The van der Waals surface area contributed by atoms with Crippen molar-refractivity contribution in [2.45, 2.75) is 207 Å². The van der Waals surface area contributed by atoms with Gasteiger partial charge in [0.25, 0.3) is 0 Å². The number of benzene rings is 1. The number of carbonyl (C=O) groups is 2. The average Bonchev–Trinajstić information content (AvgIpc) is 3.18. The van der Waals surface area contributed by atoms with Crippen molar-refractivity contribution in [3.8, 4) is 0 Å². The lowest BCUT2D eigenvalue weighted by atomic mass is 9.91. The van der Waals surface area contributed by atoms with E-state index >= 15 is 0 Å². The van der Waals surface area contributed by atoms with Crippen LogP contribution in [0.3, 0.4) is 0 Å². The molecule has 0 radical (unpaired) electrons. The highest BCUT2D eigenvalue weighted by atomic mass is 16.5. The molecule has 0 aromatic heterocycles. The molecule has 0 fully saturated rings. The van der Waals surface area contributed by atoms with Crippen molar-refractivity contribution in [1.29, 1.82) is 0 Å². The Balaban J connectivity index is 2.44. The van der Waals surface area contributed by atoms with Crippen LogP contribution in [0.5, 0.6) is 0 Å². The molecular formula is C49H84O5. The number of rotatable bonds is 39. The van der Waals surface area contributed by atoms with Gasteiger partial charge in [0.1, 0.15) is 0 Å². The lowest BCUT2D eigenvalue weighted by molar-refractivity contribution is -0.150. The first kappa shape index (κ1) is 49.6. The topological polar surface area (TPSA) is 61.8 Å². The second-order valence-corrected chi connectivity index (χ2v) is 15.7. The van der Waals surface area contributed by atoms with Gasteiger partial charge in [-0.25, -0.2) is 0 Å². The van der Waals surface area contributed by atoms with Crippen LogP contribution in [0.15, 0.2) is 54.6 Å². The summed E-state index contributed by atoms with van der Waals surface area (Å²) in [6.07, 6.45) is 40.5. The van der Waals surface area contributed by atoms with Crippen LogP contribution in [-0.4, -0.2) is 31.8 Å². The number of hydrogen-bond donors (Lipinski definition) is 0. The number of hydrogen-bond acceptors (Lipinski definition) is 5. The van der Waals surface area contributed by atoms with Gasteiger partial charge in [-0.3, -0.25) is 9.59 Å². The summed E-state index contributed by atoms with van der Waals surface area (Å²) < 4.78 is 17.6. The van der Waals surface area contributed by atoms with Crippen LogP contribution < -0.4 is 0 Å². The Morgan fingerprint density at radius 1 is 0.537 bits per heavy atom. The second-order valence-electron chi connectivity index (χ2n) is 15.7. The van der Waals surface area contributed by atoms with Gasteiger partial charge >= 0.3 is 11.9 Å². The molecule has 5 heteroatoms. The first-order valence-electron chi connectivity index (χ1n) is 22.8. The molecule has 0 aliphatic heterocycles. The minimum Gasteiger partial charge on any atom is -0.465 e. The summed E-state index contributed by atoms with van der Waals surface area (Å²) >= 11 is 0. The number of allylic oxidation sites excluding steroid dienone is 4. The van der Waals surface area contributed by atoms with Crippen molar-refractivity contribution in [2.75, 3.05) is 19.8 Å². The largest absolute Gasteiger partial charge is 0.465 e. The minimum atomic E-state index is -0.130. The van der Waals surface area contributed by atoms with Crippen LogP contribution in [-0.2, 0) is 30.4 Å². The summed E-state index contributed by atoms with van der Waals surface area (Å²) in [6.45, 7) is 8.69. The van der Waals surface area contributed by atoms with Gasteiger partial charge < -0.3 is 14.2 Å². The molecule has 0 aliphatic carbocycles. The molecule has 1 aromatic rings. The zero-order valence-corrected chi connectivity index (χ0v) is 35.5. The van der Waals surface area contributed by atoms with Gasteiger partial charge in [0.2, 0.25) is 0 Å². The van der Waals surface area contributed by atoms with E-state index in [0.717, 1.165) is 64.2 Å². The number of ether oxygens (including phenoxy) is 3. The van der Waals surface area contributed by atoms with E-state index in [2.05, 4.69) is 57.2 Å². The quantitative estimate of drug-likeness (QED) is 0.0381. The van der Waals surface area contributed by atoms with Crippen molar-refractivity contribution in [2.24, 2.45) is 11.8 Å². The molecule has 0 aliphatic rings. The van der Waals surface area contributed by atoms with Crippen LogP contribution in [0.1, 0.15) is 206 Å². The molecule has 0 bridgehead atoms. The number of carbonyl (C=O) groups excluding carboxylic acids is 2. The van der Waals surface area contributed by atoms with E-state index in [-0.39, 0.29) is 17.9 Å². The minimum absolute atomic E-state index is 0.0122. The molecule has 0 spiro atoms. The fourth-order valence-corrected chi connectivity index (χ4v) is 6.91. The first-order chi connectivity index (χ1) is 26.6. The Kier molecular flexibility index (Phi) is 35.7. The van der Waals surface area contributed by atoms with Crippen LogP contribution >= 0.6 is 0 Å². The molecule has 5 nitrogen and oxygen atoms in total. The summed E-state index contributed by atoms with van der Waals surface area (Å²) in [5.41, 5.74) is 1.18. The molecule has 0 saturated carbocycles. The van der Waals surface area contributed by atoms with Crippen molar-refractivity contribution in [3.05, 3.63) is 60.2 Å². The fourth-order valence-electron chi connectivity index (χ4n) is 6.91. The third-order valence-corrected chi connectivity index (χ3v) is 10.4. The van der Waals surface area contributed by atoms with Crippen LogP contribution in [0.2, 0.25) is 0 Å². The van der Waals surface area contributed by atoms with E-state index < -0.39 is 0 Å². The predicted molar refractivity (Wildman–Crippen MR) is 230 cm³/mol. The van der Waals surface area contributed by atoms with Crippen molar-refractivity contribution >= 4 is 11.9 Å². The maximum absolute atomic E-state index is 13.1. The molecule has 310 valence electrons. The molecule has 1 rings (SSSR count). The van der Waals surface area contributed by atoms with E-state index in [1.165, 1.54) is 108 Å². The standard InChI is InChI=1S/C49H84O5/c1-4-7-10-13-15-16-17-18-19-20-21-22-23-25-31-39-48(50)53-43-47(38-32-33-40-52-42-46-36-29-26-30-37-46)44-54-49(51)41-45(34-27-12-9-6-3)35-28-24-14-11-8-5-2/h15-16,18-19,26,29-30,36-37,45,47H,4-14,17,20-25,27-28,31-35,38-44H2,1-3H3/b16-15-,19-18-. The zero-order chi connectivity index (χ0) is 39.0. The molecule has 2 unspecified atom stereocenters. The summed E-state index contributed by atoms with van der Waals surface area (Å²) in [5, 5.41) is 0. The van der Waals surface area contributed by atoms with Crippen molar-refractivity contribution < 1.29 is 23.8 Å². The Labute approximate surface area is 333 Å². The summed E-state index contributed by atoms with van der Waals surface area (Å²) in [4.78, 5) is 25.8. The average molecular weight is 753 g/mol. The Morgan fingerprint density at radius 3 is 1.70 bits per heavy atom. The van der Waals surface area contributed by atoms with Gasteiger partial charge in [-0.1, -0.05) is 178 Å². The van der Waals surface area contributed by atoms with Gasteiger partial charge in [-0.2, -0.15) is 0 Å². The Hall–Kier alpha value is -2.40. The SMILES string of the molecule is CCCCC/C=C\C/C=C\CCCCCCCC(=O)OCC(CCCCOCc1ccccc1)COC(=O)CC(CCCCCC)CCCCCCCC.